The van der Waals surface area contributed by atoms with Crippen LogP contribution >= 0.6 is 34.9 Å². The summed E-state index contributed by atoms with van der Waals surface area (Å²) < 4.78 is 8.02. The predicted molar refractivity (Wildman–Crippen MR) is 161 cm³/mol. The standard InChI is InChI=1S/C27H32ClN3O3S2.CH2O2/c1-4-34-23-22(28)24(36-25(23)26(32)33)18-8-6-10-20(14-18)30-21-11-12-31(27(2,3)15-21)35-16-17-7-5-9-19(29)13-17;2-1-3/h5-10,13-14,21,30H,4,11-12,15-16,29H2,1-3H3,(H,32,33);1H,(H,2,3)/t21-;/m0./s1. The van der Waals surface area contributed by atoms with Crippen LogP contribution in [0.5, 0.6) is 5.75 Å². The Bertz CT molecular complexity index is 1280. The minimum atomic E-state index is -1.03. The molecule has 0 unspecified atom stereocenters. The fraction of sp³-hybridized carbons (Fsp3) is 0.357. The Morgan fingerprint density at radius 2 is 2.03 bits per heavy atom. The number of benzene rings is 2. The third kappa shape index (κ3) is 8.04. The number of carbonyl (C=O) groups is 2. The van der Waals surface area contributed by atoms with E-state index in [-0.39, 0.29) is 22.6 Å². The number of nitrogens with two attached hydrogens (primary N) is 1. The highest BCUT2D eigenvalue weighted by molar-refractivity contribution is 7.96. The molecular weight excluding hydrogens is 558 g/mol. The van der Waals surface area contributed by atoms with Crippen LogP contribution in [0.3, 0.4) is 0 Å². The van der Waals surface area contributed by atoms with Gasteiger partial charge in [0.05, 0.1) is 11.5 Å². The summed E-state index contributed by atoms with van der Waals surface area (Å²) in [4.78, 5) is 20.9. The number of ether oxygens (including phenoxy) is 1. The number of thiophene rings is 1. The molecule has 1 aromatic heterocycles. The average Bonchev–Trinajstić information content (AvgIpc) is 3.20. The van der Waals surface area contributed by atoms with Crippen molar-refractivity contribution in [3.63, 3.8) is 0 Å². The van der Waals surface area contributed by atoms with E-state index in [2.05, 4.69) is 29.5 Å². The summed E-state index contributed by atoms with van der Waals surface area (Å²) in [6.45, 7) is 7.47. The molecule has 0 radical (unpaired) electrons. The number of aromatic carboxylic acids is 1. The molecule has 1 saturated heterocycles. The first-order chi connectivity index (χ1) is 18.6. The number of carboxylic acids is 1. The lowest BCUT2D eigenvalue weighted by Crippen LogP contribution is -2.49. The minimum Gasteiger partial charge on any atom is -0.490 e. The van der Waals surface area contributed by atoms with Crippen molar-refractivity contribution in [1.82, 2.24) is 4.31 Å². The van der Waals surface area contributed by atoms with Gasteiger partial charge in [0.2, 0.25) is 0 Å². The van der Waals surface area contributed by atoms with Gasteiger partial charge in [-0.05, 0) is 69.0 Å². The van der Waals surface area contributed by atoms with Crippen molar-refractivity contribution in [2.75, 3.05) is 24.2 Å². The Balaban J connectivity index is 0.00000134. The molecule has 0 saturated carbocycles. The second-order valence-corrected chi connectivity index (χ2v) is 12.0. The van der Waals surface area contributed by atoms with E-state index in [1.807, 2.05) is 61.3 Å². The van der Waals surface area contributed by atoms with Crippen molar-refractivity contribution in [2.24, 2.45) is 0 Å². The van der Waals surface area contributed by atoms with Gasteiger partial charge in [-0.3, -0.25) is 4.79 Å². The monoisotopic (exact) mass is 591 g/mol. The molecular formula is C28H34ClN3O5S2. The van der Waals surface area contributed by atoms with Gasteiger partial charge in [0.25, 0.3) is 6.47 Å². The van der Waals surface area contributed by atoms with Gasteiger partial charge < -0.3 is 26.0 Å². The Hall–Kier alpha value is -2.92. The fourth-order valence-electron chi connectivity index (χ4n) is 4.56. The molecule has 0 bridgehead atoms. The molecule has 1 aliphatic rings. The van der Waals surface area contributed by atoms with Crippen molar-refractivity contribution in [3.8, 4) is 16.2 Å². The van der Waals surface area contributed by atoms with Crippen molar-refractivity contribution in [2.45, 2.75) is 50.9 Å². The molecule has 1 fully saturated rings. The van der Waals surface area contributed by atoms with Crippen molar-refractivity contribution in [1.29, 1.82) is 0 Å². The smallest absolute Gasteiger partial charge is 0.349 e. The van der Waals surface area contributed by atoms with E-state index in [4.69, 9.17) is 32.0 Å². The summed E-state index contributed by atoms with van der Waals surface area (Å²) in [5, 5.41) is 20.5. The fourth-order valence-corrected chi connectivity index (χ4v) is 7.11. The molecule has 39 heavy (non-hydrogen) atoms. The molecule has 4 rings (SSSR count). The SMILES string of the molecule is CCOc1c(C(=O)O)sc(-c2cccc(N[C@H]3CCN(SCc4cccc(N)c4)C(C)(C)C3)c2)c1Cl.O=CO. The Morgan fingerprint density at radius 3 is 2.67 bits per heavy atom. The van der Waals surface area contributed by atoms with Gasteiger partial charge in [-0.1, -0.05) is 47.8 Å². The van der Waals surface area contributed by atoms with Gasteiger partial charge in [0.1, 0.15) is 5.02 Å². The van der Waals surface area contributed by atoms with E-state index in [0.717, 1.165) is 53.4 Å². The topological polar surface area (TPSA) is 125 Å². The first kappa shape index (κ1) is 30.6. The largest absolute Gasteiger partial charge is 0.490 e. The summed E-state index contributed by atoms with van der Waals surface area (Å²) >= 11 is 9.56. The molecule has 1 atom stereocenters. The van der Waals surface area contributed by atoms with Gasteiger partial charge >= 0.3 is 5.97 Å². The number of nitrogens with zero attached hydrogens (tertiary/aromatic N) is 1. The summed E-state index contributed by atoms with van der Waals surface area (Å²) in [5.41, 5.74) is 9.86. The van der Waals surface area contributed by atoms with Crippen LogP contribution in [0.25, 0.3) is 10.4 Å². The normalized spacial score (nSPS) is 16.6. The molecule has 8 nitrogen and oxygen atoms in total. The maximum atomic E-state index is 11.7. The number of carboxylic acid groups (broad SMARTS) is 2. The summed E-state index contributed by atoms with van der Waals surface area (Å²) in [5.74, 6) is 0.112. The van der Waals surface area contributed by atoms with Gasteiger partial charge in [0, 0.05) is 35.3 Å². The van der Waals surface area contributed by atoms with Crippen LogP contribution in [0, 0.1) is 0 Å². The predicted octanol–water partition coefficient (Wildman–Crippen LogP) is 6.95. The van der Waals surface area contributed by atoms with Crippen LogP contribution in [0.4, 0.5) is 11.4 Å². The van der Waals surface area contributed by atoms with Gasteiger partial charge in [0.15, 0.2) is 10.6 Å². The third-order valence-electron chi connectivity index (χ3n) is 6.23. The number of halogens is 1. The number of piperidine rings is 1. The van der Waals surface area contributed by atoms with Crippen LogP contribution in [0.2, 0.25) is 5.02 Å². The number of nitrogen functional groups attached to an aromatic ring is 1. The van der Waals surface area contributed by atoms with Gasteiger partial charge in [-0.25, -0.2) is 9.10 Å². The second kappa shape index (κ2) is 13.9. The van der Waals surface area contributed by atoms with Crippen molar-refractivity contribution in [3.05, 3.63) is 64.0 Å². The highest BCUT2D eigenvalue weighted by atomic mass is 35.5. The maximum Gasteiger partial charge on any atom is 0.349 e. The number of anilines is 2. The highest BCUT2D eigenvalue weighted by Gasteiger charge is 2.35. The maximum absolute atomic E-state index is 11.7. The lowest BCUT2D eigenvalue weighted by Gasteiger charge is -2.45. The van der Waals surface area contributed by atoms with E-state index < -0.39 is 5.97 Å². The highest BCUT2D eigenvalue weighted by Crippen LogP contribution is 2.46. The molecule has 3 aromatic rings. The molecule has 11 heteroatoms. The Morgan fingerprint density at radius 1 is 1.31 bits per heavy atom. The molecule has 2 aromatic carbocycles. The van der Waals surface area contributed by atoms with E-state index in [1.54, 1.807) is 0 Å². The van der Waals surface area contributed by atoms with E-state index in [9.17, 15) is 9.90 Å². The minimum absolute atomic E-state index is 0.0262. The number of rotatable bonds is 9. The lowest BCUT2D eigenvalue weighted by molar-refractivity contribution is -0.122. The van der Waals surface area contributed by atoms with Crippen LogP contribution in [0.1, 0.15) is 48.8 Å². The van der Waals surface area contributed by atoms with Crippen LogP contribution in [-0.2, 0) is 10.5 Å². The number of nitrogens with one attached hydrogen (secondary N) is 1. The molecule has 2 heterocycles. The Labute approximate surface area is 242 Å². The average molecular weight is 592 g/mol. The number of hydrogen-bond acceptors (Lipinski definition) is 8. The third-order valence-corrected chi connectivity index (χ3v) is 9.36. The summed E-state index contributed by atoms with van der Waals surface area (Å²) in [7, 11) is 0. The zero-order valence-electron chi connectivity index (χ0n) is 22.1. The van der Waals surface area contributed by atoms with Crippen LogP contribution in [0.15, 0.2) is 48.5 Å². The summed E-state index contributed by atoms with van der Waals surface area (Å²) in [6.07, 6.45) is 2.02. The van der Waals surface area contributed by atoms with E-state index in [0.29, 0.717) is 22.5 Å². The van der Waals surface area contributed by atoms with Gasteiger partial charge in [-0.15, -0.1) is 11.3 Å². The molecule has 0 spiro atoms. The zero-order valence-corrected chi connectivity index (χ0v) is 24.5. The van der Waals surface area contributed by atoms with E-state index in [1.165, 1.54) is 5.56 Å². The number of hydrogen-bond donors (Lipinski definition) is 4. The zero-order chi connectivity index (χ0) is 28.6. The Kier molecular flexibility index (Phi) is 10.9. The second-order valence-electron chi connectivity index (χ2n) is 9.59. The van der Waals surface area contributed by atoms with Crippen molar-refractivity contribution < 1.29 is 24.5 Å². The van der Waals surface area contributed by atoms with E-state index >= 15 is 0 Å². The van der Waals surface area contributed by atoms with Gasteiger partial charge in [-0.2, -0.15) is 0 Å². The summed E-state index contributed by atoms with van der Waals surface area (Å²) in [6, 6.07) is 16.4. The molecule has 210 valence electrons. The van der Waals surface area contributed by atoms with Crippen LogP contribution < -0.4 is 15.8 Å². The molecule has 1 aliphatic heterocycles. The quantitative estimate of drug-likeness (QED) is 0.119. The first-order valence-corrected chi connectivity index (χ1v) is 14.6. The lowest BCUT2D eigenvalue weighted by atomic mass is 9.89. The molecule has 0 amide bonds. The van der Waals surface area contributed by atoms with Crippen molar-refractivity contribution >= 4 is 58.7 Å². The first-order valence-electron chi connectivity index (χ1n) is 12.5. The molecule has 5 N–H and O–H groups in total. The molecule has 0 aliphatic carbocycles. The van der Waals surface area contributed by atoms with Crippen LogP contribution in [-0.4, -0.2) is 51.7 Å².